The Morgan fingerprint density at radius 2 is 1.61 bits per heavy atom. The summed E-state index contributed by atoms with van der Waals surface area (Å²) in [4.78, 5) is 0.0234. The van der Waals surface area contributed by atoms with E-state index in [9.17, 15) is 13.0 Å². The van der Waals surface area contributed by atoms with Gasteiger partial charge in [-0.05, 0) is 19.1 Å². The Labute approximate surface area is 111 Å². The molecule has 5 heteroatoms. The van der Waals surface area contributed by atoms with Crippen molar-refractivity contribution < 1.29 is 13.0 Å². The largest absolute Gasteiger partial charge is 0.294 e. The third kappa shape index (κ3) is 2.84. The van der Waals surface area contributed by atoms with Gasteiger partial charge < -0.3 is 0 Å². The van der Waals surface area contributed by atoms with E-state index < -0.39 is 18.2 Å². The fourth-order valence-electron chi connectivity index (χ4n) is 2.65. The SMILES string of the molecule is CC[Si](CC)(CC)c1cc(S(=O)(=O)O)ccc1C. The minimum Gasteiger partial charge on any atom is -0.282 e. The average molecular weight is 286 g/mol. The van der Waals surface area contributed by atoms with Crippen LogP contribution in [0.2, 0.25) is 18.1 Å². The second kappa shape index (κ2) is 5.55. The van der Waals surface area contributed by atoms with Gasteiger partial charge in [0.15, 0.2) is 0 Å². The molecule has 1 aromatic rings. The topological polar surface area (TPSA) is 54.4 Å². The van der Waals surface area contributed by atoms with Crippen molar-refractivity contribution in [3.8, 4) is 0 Å². The van der Waals surface area contributed by atoms with E-state index in [2.05, 4.69) is 20.8 Å². The van der Waals surface area contributed by atoms with Crippen LogP contribution in [0.1, 0.15) is 26.3 Å². The second-order valence-electron chi connectivity index (χ2n) is 4.79. The molecule has 0 amide bonds. The predicted octanol–water partition coefficient (Wildman–Crippen LogP) is 2.96. The van der Waals surface area contributed by atoms with Crippen molar-refractivity contribution in [1.82, 2.24) is 0 Å². The van der Waals surface area contributed by atoms with Crippen molar-refractivity contribution in [3.05, 3.63) is 23.8 Å². The van der Waals surface area contributed by atoms with Crippen LogP contribution < -0.4 is 5.19 Å². The molecule has 0 fully saturated rings. The first-order valence-corrected chi connectivity index (χ1v) is 10.5. The molecule has 0 saturated carbocycles. The maximum absolute atomic E-state index is 11.3. The number of aryl methyl sites for hydroxylation is 1. The lowest BCUT2D eigenvalue weighted by atomic mass is 10.2. The van der Waals surface area contributed by atoms with Crippen LogP contribution in [0, 0.1) is 6.92 Å². The number of hydrogen-bond acceptors (Lipinski definition) is 2. The van der Waals surface area contributed by atoms with E-state index >= 15 is 0 Å². The van der Waals surface area contributed by atoms with Gasteiger partial charge in [-0.25, -0.2) is 0 Å². The first-order chi connectivity index (χ1) is 8.30. The highest BCUT2D eigenvalue weighted by Crippen LogP contribution is 2.23. The van der Waals surface area contributed by atoms with Crippen molar-refractivity contribution in [2.75, 3.05) is 0 Å². The van der Waals surface area contributed by atoms with E-state index in [1.54, 1.807) is 12.1 Å². The van der Waals surface area contributed by atoms with Gasteiger partial charge in [0.25, 0.3) is 10.1 Å². The summed E-state index contributed by atoms with van der Waals surface area (Å²) in [6.45, 7) is 8.56. The molecule has 0 aromatic heterocycles. The maximum Gasteiger partial charge on any atom is 0.294 e. The highest BCUT2D eigenvalue weighted by Gasteiger charge is 2.31. The molecule has 0 unspecified atom stereocenters. The summed E-state index contributed by atoms with van der Waals surface area (Å²) in [5.74, 6) is 0. The molecule has 1 rings (SSSR count). The smallest absolute Gasteiger partial charge is 0.282 e. The number of hydrogen-bond donors (Lipinski definition) is 1. The minimum atomic E-state index is -4.10. The Hall–Kier alpha value is -0.653. The molecule has 0 bridgehead atoms. The first-order valence-electron chi connectivity index (χ1n) is 6.39. The molecule has 0 spiro atoms. The van der Waals surface area contributed by atoms with Crippen molar-refractivity contribution >= 4 is 23.4 Å². The molecule has 1 N–H and O–H groups in total. The van der Waals surface area contributed by atoms with E-state index in [1.165, 1.54) is 11.3 Å². The third-order valence-corrected chi connectivity index (χ3v) is 10.7. The Balaban J connectivity index is 3.48. The van der Waals surface area contributed by atoms with Crippen LogP contribution >= 0.6 is 0 Å². The molecule has 0 heterocycles. The summed E-state index contributed by atoms with van der Waals surface area (Å²) in [7, 11) is -5.73. The zero-order chi connectivity index (χ0) is 14.0. The molecule has 102 valence electrons. The highest BCUT2D eigenvalue weighted by molar-refractivity contribution is 7.85. The predicted molar refractivity (Wildman–Crippen MR) is 77.8 cm³/mol. The van der Waals surface area contributed by atoms with Crippen molar-refractivity contribution in [3.63, 3.8) is 0 Å². The van der Waals surface area contributed by atoms with Gasteiger partial charge in [-0.2, -0.15) is 8.42 Å². The molecule has 0 aliphatic rings. The lowest BCUT2D eigenvalue weighted by molar-refractivity contribution is 0.483. The zero-order valence-electron chi connectivity index (χ0n) is 11.5. The van der Waals surface area contributed by atoms with Crippen LogP contribution in [0.4, 0.5) is 0 Å². The summed E-state index contributed by atoms with van der Waals surface area (Å²) >= 11 is 0. The van der Waals surface area contributed by atoms with E-state index in [0.29, 0.717) is 0 Å². The Kier molecular flexibility index (Phi) is 4.75. The fourth-order valence-corrected chi connectivity index (χ4v) is 7.29. The van der Waals surface area contributed by atoms with Gasteiger partial charge in [-0.1, -0.05) is 55.7 Å². The quantitative estimate of drug-likeness (QED) is 0.669. The van der Waals surface area contributed by atoms with Gasteiger partial charge >= 0.3 is 0 Å². The highest BCUT2D eigenvalue weighted by atomic mass is 32.2. The molecule has 0 aliphatic carbocycles. The summed E-state index contributed by atoms with van der Waals surface area (Å²) in [6, 6.07) is 8.25. The monoisotopic (exact) mass is 286 g/mol. The molecule has 1 aromatic carbocycles. The van der Waals surface area contributed by atoms with Crippen LogP contribution in [0.15, 0.2) is 23.1 Å². The standard InChI is InChI=1S/C13H22O3SSi/c1-5-18(6-2,7-3)13-10-12(17(14,15)16)9-8-11(13)4/h8-10H,5-7H2,1-4H3,(H,14,15,16). The van der Waals surface area contributed by atoms with Crippen molar-refractivity contribution in [2.45, 2.75) is 50.7 Å². The average Bonchev–Trinajstić information content (AvgIpc) is 2.32. The van der Waals surface area contributed by atoms with Gasteiger partial charge in [0.1, 0.15) is 0 Å². The van der Waals surface area contributed by atoms with E-state index in [1.807, 2.05) is 6.92 Å². The lowest BCUT2D eigenvalue weighted by Crippen LogP contribution is -2.47. The summed E-state index contributed by atoms with van der Waals surface area (Å²) in [5.41, 5.74) is 1.14. The fraction of sp³-hybridized carbons (Fsp3) is 0.538. The maximum atomic E-state index is 11.3. The van der Waals surface area contributed by atoms with Crippen molar-refractivity contribution in [2.24, 2.45) is 0 Å². The minimum absolute atomic E-state index is 0.0234. The zero-order valence-corrected chi connectivity index (χ0v) is 13.3. The van der Waals surface area contributed by atoms with Gasteiger partial charge in [-0.15, -0.1) is 0 Å². The van der Waals surface area contributed by atoms with Gasteiger partial charge in [0.05, 0.1) is 13.0 Å². The summed E-state index contributed by atoms with van der Waals surface area (Å²) in [6.07, 6.45) is 0. The van der Waals surface area contributed by atoms with Crippen LogP contribution in [-0.4, -0.2) is 21.0 Å². The van der Waals surface area contributed by atoms with Crippen LogP contribution in [0.3, 0.4) is 0 Å². The molecular weight excluding hydrogens is 264 g/mol. The second-order valence-corrected chi connectivity index (χ2v) is 11.4. The molecular formula is C13H22O3SSi. The Bertz CT molecular complexity index is 511. The van der Waals surface area contributed by atoms with Crippen LogP contribution in [0.25, 0.3) is 0 Å². The summed E-state index contributed by atoms with van der Waals surface area (Å²) in [5, 5.41) is 1.17. The molecule has 0 radical (unpaired) electrons. The Morgan fingerprint density at radius 3 is 2.00 bits per heavy atom. The molecule has 3 nitrogen and oxygen atoms in total. The molecule has 0 atom stereocenters. The first kappa shape index (κ1) is 15.4. The van der Waals surface area contributed by atoms with Crippen LogP contribution in [0.5, 0.6) is 0 Å². The number of benzene rings is 1. The molecule has 0 saturated heterocycles. The summed E-state index contributed by atoms with van der Waals surface area (Å²) < 4.78 is 31.7. The number of rotatable bonds is 5. The lowest BCUT2D eigenvalue weighted by Gasteiger charge is -2.30. The normalized spacial score (nSPS) is 12.7. The van der Waals surface area contributed by atoms with E-state index in [0.717, 1.165) is 23.7 Å². The Morgan fingerprint density at radius 1 is 1.11 bits per heavy atom. The van der Waals surface area contributed by atoms with Gasteiger partial charge in [0, 0.05) is 0 Å². The molecule has 18 heavy (non-hydrogen) atoms. The van der Waals surface area contributed by atoms with E-state index in [4.69, 9.17) is 0 Å². The third-order valence-electron chi connectivity index (χ3n) is 4.11. The van der Waals surface area contributed by atoms with E-state index in [-0.39, 0.29) is 4.90 Å². The molecule has 0 aliphatic heterocycles. The van der Waals surface area contributed by atoms with Gasteiger partial charge in [0.2, 0.25) is 0 Å². The van der Waals surface area contributed by atoms with Crippen molar-refractivity contribution in [1.29, 1.82) is 0 Å². The van der Waals surface area contributed by atoms with Gasteiger partial charge in [-0.3, -0.25) is 4.55 Å². The van der Waals surface area contributed by atoms with Crippen LogP contribution in [-0.2, 0) is 10.1 Å².